The molecule has 1 rings (SSSR count). The zero-order valence-corrected chi connectivity index (χ0v) is 12.1. The first-order chi connectivity index (χ1) is 8.78. The van der Waals surface area contributed by atoms with Gasteiger partial charge in [-0.05, 0) is 38.5 Å². The quantitative estimate of drug-likeness (QED) is 0.703. The second-order valence-corrected chi connectivity index (χ2v) is 6.13. The summed E-state index contributed by atoms with van der Waals surface area (Å²) in [6.45, 7) is 5.89. The smallest absolute Gasteiger partial charge is 0.311 e. The first-order valence-corrected chi connectivity index (χ1v) is 7.05. The number of nitrogens with two attached hydrogens (primary N) is 1. The molecule has 5 nitrogen and oxygen atoms in total. The summed E-state index contributed by atoms with van der Waals surface area (Å²) in [6.07, 6.45) is 3.09. The average Bonchev–Trinajstić information content (AvgIpc) is 2.36. The Morgan fingerprint density at radius 3 is 2.32 bits per heavy atom. The second kappa shape index (κ2) is 6.37. The first-order valence-electron chi connectivity index (χ1n) is 7.05. The van der Waals surface area contributed by atoms with Gasteiger partial charge in [0.2, 0.25) is 5.91 Å². The van der Waals surface area contributed by atoms with Crippen LogP contribution in [0.4, 0.5) is 0 Å². The normalized spacial score (nSPS) is 30.4. The van der Waals surface area contributed by atoms with E-state index in [-0.39, 0.29) is 24.4 Å². The fourth-order valence-corrected chi connectivity index (χ4v) is 2.44. The van der Waals surface area contributed by atoms with Gasteiger partial charge in [-0.25, -0.2) is 0 Å². The number of carboxylic acids is 1. The molecule has 0 spiro atoms. The van der Waals surface area contributed by atoms with Crippen molar-refractivity contribution in [3.63, 3.8) is 0 Å². The minimum atomic E-state index is -0.798. The van der Waals surface area contributed by atoms with Crippen molar-refractivity contribution in [2.75, 3.05) is 6.54 Å². The van der Waals surface area contributed by atoms with E-state index in [1.807, 2.05) is 0 Å². The van der Waals surface area contributed by atoms with Crippen molar-refractivity contribution in [1.82, 2.24) is 5.32 Å². The Morgan fingerprint density at radius 2 is 1.89 bits per heavy atom. The largest absolute Gasteiger partial charge is 0.481 e. The highest BCUT2D eigenvalue weighted by Crippen LogP contribution is 2.38. The molecule has 19 heavy (non-hydrogen) atoms. The maximum atomic E-state index is 11.9. The number of carbonyl (C=O) groups is 2. The Hall–Kier alpha value is -1.10. The number of rotatable bonds is 5. The van der Waals surface area contributed by atoms with E-state index in [0.717, 1.165) is 12.8 Å². The van der Waals surface area contributed by atoms with Crippen molar-refractivity contribution in [2.45, 2.75) is 52.5 Å². The molecule has 2 atom stereocenters. The maximum Gasteiger partial charge on any atom is 0.311 e. The number of carbonyl (C=O) groups excluding carboxylic acids is 1. The van der Waals surface area contributed by atoms with E-state index in [1.54, 1.807) is 13.8 Å². The minimum Gasteiger partial charge on any atom is -0.481 e. The third kappa shape index (κ3) is 3.93. The molecule has 0 radical (unpaired) electrons. The second-order valence-electron chi connectivity index (χ2n) is 6.13. The van der Waals surface area contributed by atoms with Crippen LogP contribution in [0.25, 0.3) is 0 Å². The van der Waals surface area contributed by atoms with Gasteiger partial charge in [0.05, 0.1) is 5.41 Å². The van der Waals surface area contributed by atoms with Crippen molar-refractivity contribution in [1.29, 1.82) is 0 Å². The summed E-state index contributed by atoms with van der Waals surface area (Å²) < 4.78 is 0. The van der Waals surface area contributed by atoms with Crippen LogP contribution in [0.15, 0.2) is 0 Å². The van der Waals surface area contributed by atoms with E-state index >= 15 is 0 Å². The van der Waals surface area contributed by atoms with Crippen molar-refractivity contribution in [3.05, 3.63) is 0 Å². The summed E-state index contributed by atoms with van der Waals surface area (Å²) in [4.78, 5) is 23.4. The van der Waals surface area contributed by atoms with E-state index in [1.165, 1.54) is 0 Å². The molecule has 5 heteroatoms. The number of amides is 1. The van der Waals surface area contributed by atoms with Crippen LogP contribution in [0, 0.1) is 17.3 Å². The lowest BCUT2D eigenvalue weighted by molar-refractivity contribution is -0.151. The monoisotopic (exact) mass is 270 g/mol. The van der Waals surface area contributed by atoms with Gasteiger partial charge in [0.25, 0.3) is 0 Å². The highest BCUT2D eigenvalue weighted by molar-refractivity contribution is 5.81. The number of carboxylic acid groups (broad SMARTS) is 1. The van der Waals surface area contributed by atoms with Crippen LogP contribution in [0.3, 0.4) is 0 Å². The van der Waals surface area contributed by atoms with Gasteiger partial charge >= 0.3 is 5.97 Å². The molecule has 1 aliphatic rings. The molecule has 0 aromatic heterocycles. The first kappa shape index (κ1) is 16.0. The van der Waals surface area contributed by atoms with Crippen LogP contribution in [-0.2, 0) is 9.59 Å². The standard InChI is InChI=1S/C14H26N2O3/c1-9-4-6-14(7-5-9,13(18)19)8-16-12(17)10(2)11(3)15/h9-11H,4-8,15H2,1-3H3,(H,16,17)(H,18,19). The molecule has 0 saturated heterocycles. The summed E-state index contributed by atoms with van der Waals surface area (Å²) in [5, 5.41) is 12.2. The molecular weight excluding hydrogens is 244 g/mol. The van der Waals surface area contributed by atoms with Crippen LogP contribution in [0.5, 0.6) is 0 Å². The zero-order chi connectivity index (χ0) is 14.6. The maximum absolute atomic E-state index is 11.9. The molecule has 4 N–H and O–H groups in total. The van der Waals surface area contributed by atoms with Gasteiger partial charge in [0.1, 0.15) is 0 Å². The third-order valence-corrected chi connectivity index (χ3v) is 4.49. The van der Waals surface area contributed by atoms with Crippen molar-refractivity contribution in [2.24, 2.45) is 23.0 Å². The lowest BCUT2D eigenvalue weighted by Gasteiger charge is -2.36. The molecule has 1 saturated carbocycles. The predicted octanol–water partition coefficient (Wildman–Crippen LogP) is 1.37. The van der Waals surface area contributed by atoms with Gasteiger partial charge in [-0.2, -0.15) is 0 Å². The van der Waals surface area contributed by atoms with Crippen molar-refractivity contribution in [3.8, 4) is 0 Å². The lowest BCUT2D eigenvalue weighted by Crippen LogP contribution is -2.48. The molecule has 1 aliphatic carbocycles. The Balaban J connectivity index is 2.61. The Bertz CT molecular complexity index is 334. The number of hydrogen-bond donors (Lipinski definition) is 3. The summed E-state index contributed by atoms with van der Waals surface area (Å²) in [5.41, 5.74) is 4.89. The highest BCUT2D eigenvalue weighted by Gasteiger charge is 2.41. The Morgan fingerprint density at radius 1 is 1.37 bits per heavy atom. The van der Waals surface area contributed by atoms with Crippen LogP contribution >= 0.6 is 0 Å². The summed E-state index contributed by atoms with van der Waals surface area (Å²) in [7, 11) is 0. The van der Waals surface area contributed by atoms with E-state index in [2.05, 4.69) is 12.2 Å². The van der Waals surface area contributed by atoms with Crippen LogP contribution < -0.4 is 11.1 Å². The Kier molecular flexibility index (Phi) is 5.35. The molecular formula is C14H26N2O3. The molecule has 0 heterocycles. The molecule has 0 bridgehead atoms. The molecule has 0 aliphatic heterocycles. The fraction of sp³-hybridized carbons (Fsp3) is 0.857. The van der Waals surface area contributed by atoms with Crippen LogP contribution in [0.1, 0.15) is 46.5 Å². The third-order valence-electron chi connectivity index (χ3n) is 4.49. The van der Waals surface area contributed by atoms with E-state index in [9.17, 15) is 14.7 Å². The number of aliphatic carboxylic acids is 1. The summed E-state index contributed by atoms with van der Waals surface area (Å²) >= 11 is 0. The van der Waals surface area contributed by atoms with Gasteiger partial charge in [-0.1, -0.05) is 13.8 Å². The van der Waals surface area contributed by atoms with Crippen LogP contribution in [0.2, 0.25) is 0 Å². The van der Waals surface area contributed by atoms with Gasteiger partial charge in [0, 0.05) is 18.5 Å². The van der Waals surface area contributed by atoms with Crippen molar-refractivity contribution < 1.29 is 14.7 Å². The molecule has 1 amide bonds. The minimum absolute atomic E-state index is 0.158. The van der Waals surface area contributed by atoms with Gasteiger partial charge in [-0.3, -0.25) is 9.59 Å². The number of nitrogens with one attached hydrogen (secondary N) is 1. The molecule has 1 fully saturated rings. The molecule has 2 unspecified atom stereocenters. The van der Waals surface area contributed by atoms with Crippen LogP contribution in [-0.4, -0.2) is 29.6 Å². The van der Waals surface area contributed by atoms with Gasteiger partial charge in [0.15, 0.2) is 0 Å². The fourth-order valence-electron chi connectivity index (χ4n) is 2.44. The number of hydrogen-bond acceptors (Lipinski definition) is 3. The zero-order valence-electron chi connectivity index (χ0n) is 12.1. The van der Waals surface area contributed by atoms with Gasteiger partial charge in [-0.15, -0.1) is 0 Å². The summed E-state index contributed by atoms with van der Waals surface area (Å²) in [5.74, 6) is -0.679. The lowest BCUT2D eigenvalue weighted by atomic mass is 9.70. The Labute approximate surface area is 114 Å². The highest BCUT2D eigenvalue weighted by atomic mass is 16.4. The average molecular weight is 270 g/mol. The van der Waals surface area contributed by atoms with E-state index < -0.39 is 11.4 Å². The SMILES string of the molecule is CC1CCC(CNC(=O)C(C)C(C)N)(C(=O)O)CC1. The van der Waals surface area contributed by atoms with Crippen molar-refractivity contribution >= 4 is 11.9 Å². The van der Waals surface area contributed by atoms with E-state index in [4.69, 9.17) is 5.73 Å². The van der Waals surface area contributed by atoms with Gasteiger partial charge < -0.3 is 16.2 Å². The summed E-state index contributed by atoms with van der Waals surface area (Å²) in [6, 6.07) is -0.229. The topological polar surface area (TPSA) is 92.4 Å². The predicted molar refractivity (Wildman–Crippen MR) is 73.5 cm³/mol. The molecule has 0 aromatic rings. The van der Waals surface area contributed by atoms with E-state index in [0.29, 0.717) is 18.8 Å². The molecule has 110 valence electrons. The molecule has 0 aromatic carbocycles.